The number of benzene rings is 2. The number of carbonyl (C=O) groups is 1. The van der Waals surface area contributed by atoms with E-state index in [4.69, 9.17) is 27.7 Å². The van der Waals surface area contributed by atoms with Gasteiger partial charge in [0.15, 0.2) is 0 Å². The summed E-state index contributed by atoms with van der Waals surface area (Å²) in [5.41, 5.74) is -0.371. The molecule has 0 saturated heterocycles. The highest BCUT2D eigenvalue weighted by atomic mass is 35.5. The maximum atomic E-state index is 12.8. The topological polar surface area (TPSA) is 68.0 Å². The highest BCUT2D eigenvalue weighted by Gasteiger charge is 2.31. The second kappa shape index (κ2) is 8.20. The van der Waals surface area contributed by atoms with Crippen molar-refractivity contribution in [2.24, 2.45) is 0 Å². The molecule has 5 nitrogen and oxygen atoms in total. The van der Waals surface area contributed by atoms with Crippen LogP contribution in [0.3, 0.4) is 0 Å². The zero-order valence-corrected chi connectivity index (χ0v) is 15.6. The number of carbonyl (C=O) groups excluding carboxylic acids is 1. The summed E-state index contributed by atoms with van der Waals surface area (Å²) >= 11 is 11.8. The molecule has 0 radical (unpaired) electrons. The molecule has 1 aromatic heterocycles. The zero-order chi connectivity index (χ0) is 20.3. The van der Waals surface area contributed by atoms with Gasteiger partial charge in [0.25, 0.3) is 0 Å². The lowest BCUT2D eigenvalue weighted by atomic mass is 10.2. The molecule has 3 rings (SSSR count). The van der Waals surface area contributed by atoms with Gasteiger partial charge in [-0.1, -0.05) is 40.5 Å². The molecule has 0 aliphatic rings. The molecule has 1 N–H and O–H groups in total. The van der Waals surface area contributed by atoms with Crippen molar-refractivity contribution in [3.63, 3.8) is 0 Å². The van der Waals surface area contributed by atoms with E-state index in [-0.39, 0.29) is 29.4 Å². The summed E-state index contributed by atoms with van der Waals surface area (Å²) in [7, 11) is 0. The molecule has 10 heteroatoms. The fourth-order valence-electron chi connectivity index (χ4n) is 2.33. The van der Waals surface area contributed by atoms with Crippen molar-refractivity contribution >= 4 is 34.8 Å². The molecular formula is C18H12Cl2F3N3O2. The van der Waals surface area contributed by atoms with Crippen molar-refractivity contribution < 1.29 is 22.5 Å². The Balaban J connectivity index is 1.62. The first-order valence-electron chi connectivity index (χ1n) is 7.97. The first-order chi connectivity index (χ1) is 13.2. The Bertz CT molecular complexity index is 1010. The summed E-state index contributed by atoms with van der Waals surface area (Å²) in [5, 5.41) is 6.70. The van der Waals surface area contributed by atoms with Crippen LogP contribution in [0.15, 0.2) is 47.0 Å². The van der Waals surface area contributed by atoms with E-state index in [1.165, 1.54) is 0 Å². The highest BCUT2D eigenvalue weighted by molar-refractivity contribution is 6.33. The number of hydrogen-bond donors (Lipinski definition) is 1. The van der Waals surface area contributed by atoms with Crippen LogP contribution in [0, 0.1) is 0 Å². The molecule has 146 valence electrons. The van der Waals surface area contributed by atoms with Crippen molar-refractivity contribution in [3.8, 4) is 11.4 Å². The van der Waals surface area contributed by atoms with Gasteiger partial charge in [-0.2, -0.15) is 18.2 Å². The van der Waals surface area contributed by atoms with E-state index in [0.717, 1.165) is 18.2 Å². The molecule has 0 spiro atoms. The molecule has 0 fully saturated rings. The molecule has 2 aromatic carbocycles. The van der Waals surface area contributed by atoms with E-state index in [2.05, 4.69) is 15.5 Å². The van der Waals surface area contributed by atoms with Gasteiger partial charge < -0.3 is 9.84 Å². The molecule has 3 aromatic rings. The molecule has 0 aliphatic carbocycles. The minimum atomic E-state index is -4.54. The Morgan fingerprint density at radius 1 is 1.14 bits per heavy atom. The van der Waals surface area contributed by atoms with Gasteiger partial charge in [0.05, 0.1) is 16.3 Å². The molecule has 0 saturated carbocycles. The number of anilines is 1. The summed E-state index contributed by atoms with van der Waals surface area (Å²) < 4.78 is 43.4. The maximum absolute atomic E-state index is 12.8. The SMILES string of the molecule is O=C(CCc1nc(-c2cccc(Cl)c2)no1)Nc1cc(C(F)(F)F)ccc1Cl. The maximum Gasteiger partial charge on any atom is 0.416 e. The number of halogens is 5. The minimum Gasteiger partial charge on any atom is -0.339 e. The number of nitrogens with one attached hydrogen (secondary N) is 1. The summed E-state index contributed by atoms with van der Waals surface area (Å²) in [6.07, 6.45) is -4.51. The molecule has 0 bridgehead atoms. The standard InChI is InChI=1S/C18H12Cl2F3N3O2/c19-12-3-1-2-10(8-12)17-25-16(28-26-17)7-6-15(27)24-14-9-11(18(21,22)23)4-5-13(14)20/h1-5,8-9H,6-7H2,(H,24,27). The number of aromatic nitrogens is 2. The minimum absolute atomic E-state index is 0.00221. The Labute approximate surface area is 167 Å². The third kappa shape index (κ3) is 5.02. The first kappa shape index (κ1) is 20.2. The second-order valence-electron chi connectivity index (χ2n) is 5.76. The lowest BCUT2D eigenvalue weighted by Gasteiger charge is -2.11. The van der Waals surface area contributed by atoms with Crippen LogP contribution in [0.1, 0.15) is 17.9 Å². The number of rotatable bonds is 5. The smallest absolute Gasteiger partial charge is 0.339 e. The van der Waals surface area contributed by atoms with Crippen LogP contribution in [0.4, 0.5) is 18.9 Å². The summed E-state index contributed by atoms with van der Waals surface area (Å²) in [4.78, 5) is 16.2. The van der Waals surface area contributed by atoms with E-state index in [1.807, 2.05) is 0 Å². The van der Waals surface area contributed by atoms with Crippen LogP contribution in [-0.4, -0.2) is 16.0 Å². The summed E-state index contributed by atoms with van der Waals surface area (Å²) in [5.74, 6) is -0.0113. The number of hydrogen-bond acceptors (Lipinski definition) is 4. The summed E-state index contributed by atoms with van der Waals surface area (Å²) in [6.45, 7) is 0. The quantitative estimate of drug-likeness (QED) is 0.570. The van der Waals surface area contributed by atoms with Gasteiger partial charge in [0, 0.05) is 23.4 Å². The van der Waals surface area contributed by atoms with Gasteiger partial charge >= 0.3 is 6.18 Å². The largest absolute Gasteiger partial charge is 0.416 e. The monoisotopic (exact) mass is 429 g/mol. The van der Waals surface area contributed by atoms with Gasteiger partial charge in [-0.3, -0.25) is 4.79 Å². The first-order valence-corrected chi connectivity index (χ1v) is 8.73. The van der Waals surface area contributed by atoms with Crippen LogP contribution < -0.4 is 5.32 Å². The third-order valence-electron chi connectivity index (χ3n) is 3.68. The fraction of sp³-hybridized carbons (Fsp3) is 0.167. The molecule has 0 aliphatic heterocycles. The second-order valence-corrected chi connectivity index (χ2v) is 6.61. The normalized spacial score (nSPS) is 11.5. The zero-order valence-electron chi connectivity index (χ0n) is 14.1. The van der Waals surface area contributed by atoms with E-state index in [0.29, 0.717) is 16.4 Å². The van der Waals surface area contributed by atoms with E-state index in [1.54, 1.807) is 24.3 Å². The van der Waals surface area contributed by atoms with Crippen molar-refractivity contribution in [1.29, 1.82) is 0 Å². The Morgan fingerprint density at radius 3 is 2.64 bits per heavy atom. The molecule has 0 atom stereocenters. The lowest BCUT2D eigenvalue weighted by Crippen LogP contribution is -2.14. The Hall–Kier alpha value is -2.58. The Morgan fingerprint density at radius 2 is 1.93 bits per heavy atom. The molecule has 28 heavy (non-hydrogen) atoms. The molecule has 1 heterocycles. The molecular weight excluding hydrogens is 418 g/mol. The summed E-state index contributed by atoms with van der Waals surface area (Å²) in [6, 6.07) is 9.56. The van der Waals surface area contributed by atoms with Crippen molar-refractivity contribution in [2.75, 3.05) is 5.32 Å². The van der Waals surface area contributed by atoms with E-state index in [9.17, 15) is 18.0 Å². The van der Waals surface area contributed by atoms with Crippen LogP contribution in [0.5, 0.6) is 0 Å². The van der Waals surface area contributed by atoms with Gasteiger partial charge in [-0.25, -0.2) is 0 Å². The van der Waals surface area contributed by atoms with Gasteiger partial charge in [0.2, 0.25) is 17.6 Å². The number of nitrogens with zero attached hydrogens (tertiary/aromatic N) is 2. The average Bonchev–Trinajstić information content (AvgIpc) is 3.10. The van der Waals surface area contributed by atoms with Crippen LogP contribution in [0.2, 0.25) is 10.0 Å². The number of amides is 1. The lowest BCUT2D eigenvalue weighted by molar-refractivity contribution is -0.137. The van der Waals surface area contributed by atoms with Gasteiger partial charge in [-0.05, 0) is 30.3 Å². The predicted molar refractivity (Wildman–Crippen MR) is 98.1 cm³/mol. The van der Waals surface area contributed by atoms with E-state index < -0.39 is 17.6 Å². The van der Waals surface area contributed by atoms with Gasteiger partial charge in [0.1, 0.15) is 0 Å². The third-order valence-corrected chi connectivity index (χ3v) is 4.25. The van der Waals surface area contributed by atoms with Crippen molar-refractivity contribution in [1.82, 2.24) is 10.1 Å². The van der Waals surface area contributed by atoms with Crippen molar-refractivity contribution in [3.05, 3.63) is 64.0 Å². The average molecular weight is 430 g/mol. The fourth-order valence-corrected chi connectivity index (χ4v) is 2.69. The number of aryl methyl sites for hydroxylation is 1. The predicted octanol–water partition coefficient (Wildman–Crippen LogP) is 5.63. The molecule has 1 amide bonds. The number of alkyl halides is 3. The van der Waals surface area contributed by atoms with Crippen LogP contribution in [-0.2, 0) is 17.4 Å². The Kier molecular flexibility index (Phi) is 5.90. The highest BCUT2D eigenvalue weighted by Crippen LogP contribution is 2.33. The molecule has 0 unspecified atom stereocenters. The van der Waals surface area contributed by atoms with Crippen LogP contribution in [0.25, 0.3) is 11.4 Å². The van der Waals surface area contributed by atoms with Gasteiger partial charge in [-0.15, -0.1) is 0 Å². The van der Waals surface area contributed by atoms with Crippen LogP contribution >= 0.6 is 23.2 Å². The van der Waals surface area contributed by atoms with Crippen molar-refractivity contribution in [2.45, 2.75) is 19.0 Å². The van der Waals surface area contributed by atoms with E-state index >= 15 is 0 Å².